The van der Waals surface area contributed by atoms with Crippen LogP contribution < -0.4 is 72.9 Å². The maximum absolute atomic E-state index is 13.1. The van der Waals surface area contributed by atoms with Gasteiger partial charge in [-0.05, 0) is 173 Å². The molecule has 0 unspecified atom stereocenters. The molecule has 0 fully saturated rings. The highest BCUT2D eigenvalue weighted by molar-refractivity contribution is 6.29. The van der Waals surface area contributed by atoms with Crippen molar-refractivity contribution in [3.05, 3.63) is 108 Å². The summed E-state index contributed by atoms with van der Waals surface area (Å²) in [5.74, 6) is -6.97. The number of aromatic nitrogens is 3. The molecule has 16 N–H and O–H groups in total. The van der Waals surface area contributed by atoms with Gasteiger partial charge in [-0.15, -0.1) is 23.3 Å². The van der Waals surface area contributed by atoms with Crippen LogP contribution in [-0.2, 0) is 120 Å². The van der Waals surface area contributed by atoms with Crippen molar-refractivity contribution < 1.29 is 100 Å². The van der Waals surface area contributed by atoms with Crippen LogP contribution in [0.2, 0.25) is 0 Å². The maximum atomic E-state index is 13.1. The normalized spacial score (nSPS) is 12.8. The van der Waals surface area contributed by atoms with Crippen LogP contribution in [0, 0.1) is 17.8 Å². The number of nitrogens with one attached hydrogen (secondary N) is 8. The number of ether oxygens (including phenoxy) is 5. The molecule has 3 heterocycles. The number of nitrogens with zero attached hydrogens (tertiary/aromatic N) is 5. The standard InChI is InChI=1S/C24H29N3O5.C21H26N4O4.C20H24N4O4.C16H27N3O4.C15H25N3O4/c1-15(2)32-24(31)22(10-9-19(29)14-25-4)27-23(30)17(11-16(3)28)12-18-13-26-21-8-6-5-7-20(18)21;1-13(2)29-21(28)19(9-8-15(26)12-23-3)25-20(27)17(22)10-14-11-24-18-7-5-4-6-16(14)18;1-3-28-20(27)18(9-8-14(25)12-22-2)24-19(26)16(21)10-13-11-23-17-7-5-4-6-15(13)17;1-10(2)8-13(17)15(21)19-14(16(22)23-11(3)4)7-6-12(20)9-18-5;1-5-22-15(21)13(7-6-11(19)9-17-4)18-14(20)12(16)8-10(2)3/h5-8,13-15,17,22,26H,4,9-12H2,1-3H3;4-7,11-13,17,19,24H,3,8-10,22H2,1-2H3;4-7,11-12,16,18,23H,2-3,8-10,21H2,1H3;9-11,13-14H,5-8,17H2,1-4H3;9-10,12-13H,4-8,16H2,1-3H3/p+5/t17-,22-;17-,19-;16-,18-;13-,14-;12-,13-/m00000/s1. The molecule has 3 aromatic heterocycles. The summed E-state index contributed by atoms with van der Waals surface area (Å²) < 4.78 is 42.4. The van der Waals surface area contributed by atoms with Crippen molar-refractivity contribution >= 4 is 191 Å². The van der Waals surface area contributed by atoms with Crippen molar-refractivity contribution in [2.24, 2.45) is 40.7 Å². The van der Waals surface area contributed by atoms with Crippen LogP contribution in [-0.4, -0.2) is 260 Å². The van der Waals surface area contributed by atoms with E-state index in [-0.39, 0.29) is 149 Å². The van der Waals surface area contributed by atoms with Crippen molar-refractivity contribution in [1.82, 2.24) is 64.9 Å². The van der Waals surface area contributed by atoms with Gasteiger partial charge >= 0.3 is 60.9 Å². The van der Waals surface area contributed by atoms with E-state index in [1.807, 2.05) is 119 Å². The zero-order valence-corrected chi connectivity index (χ0v) is 79.1. The molecule has 38 heteroatoms. The predicted octanol–water partition coefficient (Wildman–Crippen LogP) is 2.45. The maximum Gasteiger partial charge on any atom is 0.334 e. The fourth-order valence-corrected chi connectivity index (χ4v) is 13.0. The molecule has 0 aliphatic rings. The molecule has 5 amide bonds. The summed E-state index contributed by atoms with van der Waals surface area (Å²) >= 11 is 0. The minimum absolute atomic E-state index is 0.00299. The van der Waals surface area contributed by atoms with Gasteiger partial charge in [0.1, 0.15) is 36.0 Å². The van der Waals surface area contributed by atoms with E-state index < -0.39 is 120 Å². The fraction of sp³-hybridized carbons (Fsp3) is 0.479. The van der Waals surface area contributed by atoms with E-state index in [0.717, 1.165) is 80.5 Å². The fourth-order valence-electron chi connectivity index (χ4n) is 13.0. The highest BCUT2D eigenvalue weighted by Gasteiger charge is 2.34. The number of para-hydroxylation sites is 3. The highest BCUT2D eigenvalue weighted by Crippen LogP contribution is 2.25. The number of fused-ring (bicyclic) bond motifs is 3. The Morgan fingerprint density at radius 1 is 0.351 bits per heavy atom. The Bertz CT molecular complexity index is 5200. The number of ketones is 6. The summed E-state index contributed by atoms with van der Waals surface area (Å²) in [5, 5.41) is 16.0. The van der Waals surface area contributed by atoms with Gasteiger partial charge in [-0.2, -0.15) is 0 Å². The van der Waals surface area contributed by atoms with Crippen LogP contribution in [0.1, 0.15) is 190 Å². The van der Waals surface area contributed by atoms with E-state index in [4.69, 9.17) is 46.6 Å². The van der Waals surface area contributed by atoms with E-state index in [9.17, 15) is 76.7 Å². The molecule has 0 spiro atoms. The molecule has 0 saturated carbocycles. The van der Waals surface area contributed by atoms with Gasteiger partial charge in [-0.1, -0.05) is 82.3 Å². The quantitative estimate of drug-likeness (QED) is 0.0113. The summed E-state index contributed by atoms with van der Waals surface area (Å²) in [5.41, 5.74) is 29.3. The molecule has 134 heavy (non-hydrogen) atoms. The average molecular weight is 1860 g/mol. The van der Waals surface area contributed by atoms with Crippen LogP contribution in [0.4, 0.5) is 0 Å². The third-order valence-corrected chi connectivity index (χ3v) is 19.3. The molecule has 0 bridgehead atoms. The number of esters is 5. The number of rotatable bonds is 52. The molecule has 6 aromatic rings. The SMILES string of the molecule is C=[N+]=CC(=O)CC[C@H](NC(=O)[C@@H](CC(C)=O)Cc1c[nH]c2ccccc12)C(=O)OC(C)C.C=[N+]=CC(=O)CC[C@H](NC(=O)[C@@H](N)CC(C)C)C(=O)OC(C)C.C=[N+]=CC(=O)CC[C@H](NC(=O)[C@@H](N)CC(C)C)C(=O)OCC.C=[N+]=CC(=O)CC[C@H](NC(=O)[C@@H](N)Cc1c[nH]c2ccccc12)C(=O)OC(C)C.C=[N+]=CC(=O)CC[C@H](NC(=O)[C@@H](N)Cc1c[nH]c2ccccc12)C(=O)OCC. The number of benzene rings is 3. The number of nitrogens with two attached hydrogens (primary N) is 4. The second kappa shape index (κ2) is 63.2. The number of hydrogen-bond acceptors (Lipinski definition) is 25. The summed E-state index contributed by atoms with van der Waals surface area (Å²) in [4.78, 5) is 202. The van der Waals surface area contributed by atoms with Gasteiger partial charge in [0.25, 0.3) is 33.6 Å². The lowest BCUT2D eigenvalue weighted by Crippen LogP contribution is -2.50. The van der Waals surface area contributed by atoms with Gasteiger partial charge in [-0.3, -0.25) is 47.9 Å². The zero-order valence-electron chi connectivity index (χ0n) is 79.1. The Morgan fingerprint density at radius 3 is 0.828 bits per heavy atom. The van der Waals surface area contributed by atoms with Crippen molar-refractivity contribution in [1.29, 1.82) is 0 Å². The molecule has 0 radical (unpaired) electrons. The summed E-state index contributed by atoms with van der Waals surface area (Å²) in [6, 6.07) is 15.3. The average Bonchev–Trinajstić information content (AvgIpc) is 1.61. The number of amides is 5. The number of carbonyl (C=O) groups excluding carboxylic acids is 16. The number of hydrogen-bond donors (Lipinski definition) is 12. The van der Waals surface area contributed by atoms with Gasteiger partial charge in [0.05, 0.1) is 55.7 Å². The molecule has 10 atom stereocenters. The van der Waals surface area contributed by atoms with Crippen molar-refractivity contribution in [2.45, 2.75) is 265 Å². The lowest BCUT2D eigenvalue weighted by molar-refractivity contribution is -0.152. The third-order valence-electron chi connectivity index (χ3n) is 19.3. The Labute approximate surface area is 780 Å². The zero-order chi connectivity index (χ0) is 101. The van der Waals surface area contributed by atoms with E-state index >= 15 is 0 Å². The number of carbonyl (C=O) groups is 16. The van der Waals surface area contributed by atoms with Crippen LogP contribution in [0.25, 0.3) is 32.7 Å². The largest absolute Gasteiger partial charge is 0.464 e. The smallest absolute Gasteiger partial charge is 0.334 e. The van der Waals surface area contributed by atoms with Gasteiger partial charge in [0.2, 0.25) is 58.5 Å². The number of Topliss-reactive ketones (excluding diaryl/α,β-unsaturated/α-hetero) is 6. The molecular weight excluding hydrogens is 1730 g/mol. The summed E-state index contributed by atoms with van der Waals surface area (Å²) in [7, 11) is 0. The van der Waals surface area contributed by atoms with Crippen molar-refractivity contribution in [3.8, 4) is 0 Å². The van der Waals surface area contributed by atoms with Crippen molar-refractivity contribution in [3.63, 3.8) is 0 Å². The van der Waals surface area contributed by atoms with Crippen LogP contribution in [0.15, 0.2) is 91.4 Å². The molecule has 3 aromatic carbocycles. The van der Waals surface area contributed by atoms with Crippen LogP contribution >= 0.6 is 0 Å². The Hall–Kier alpha value is -13.9. The minimum atomic E-state index is -1.01. The third kappa shape index (κ3) is 45.8. The van der Waals surface area contributed by atoms with Gasteiger partial charge in [0.15, 0.2) is 0 Å². The molecule has 6 rings (SSSR count). The monoisotopic (exact) mass is 1860 g/mol. The van der Waals surface area contributed by atoms with Crippen LogP contribution in [0.3, 0.4) is 0 Å². The van der Waals surface area contributed by atoms with Gasteiger partial charge in [-0.25, -0.2) is 24.0 Å². The Balaban J connectivity index is 0.000000571. The second-order valence-corrected chi connectivity index (χ2v) is 32.8. The molecular formula is C96H136N17O21+5. The lowest BCUT2D eigenvalue weighted by Gasteiger charge is -2.22. The van der Waals surface area contributed by atoms with Gasteiger partial charge in [0, 0.05) is 95.7 Å². The van der Waals surface area contributed by atoms with E-state index in [1.165, 1.54) is 6.92 Å². The van der Waals surface area contributed by atoms with E-state index in [2.05, 4.69) is 98.5 Å². The lowest BCUT2D eigenvalue weighted by atomic mass is 9.93. The molecule has 38 nitrogen and oxygen atoms in total. The first-order valence-corrected chi connectivity index (χ1v) is 44.2. The number of aromatic amines is 3. The molecule has 0 aliphatic heterocycles. The van der Waals surface area contributed by atoms with E-state index in [0.29, 0.717) is 32.1 Å². The molecule has 0 aliphatic carbocycles. The van der Waals surface area contributed by atoms with Crippen LogP contribution in [0.5, 0.6) is 0 Å². The van der Waals surface area contributed by atoms with E-state index in [1.54, 1.807) is 55.4 Å². The predicted molar refractivity (Wildman–Crippen MR) is 520 cm³/mol. The number of H-pyrrole nitrogens is 3. The first-order chi connectivity index (χ1) is 63.5. The molecule has 0 saturated heterocycles. The second-order valence-electron chi connectivity index (χ2n) is 32.8. The highest BCUT2D eigenvalue weighted by atomic mass is 16.6. The Morgan fingerprint density at radius 2 is 0.590 bits per heavy atom. The van der Waals surface area contributed by atoms with Gasteiger partial charge < -0.3 is 92.9 Å². The Kier molecular flexibility index (Phi) is 54.8. The minimum Gasteiger partial charge on any atom is -0.464 e. The topological polar surface area (TPSA) is 601 Å². The van der Waals surface area contributed by atoms with Crippen molar-refractivity contribution in [2.75, 3.05) is 13.2 Å². The summed E-state index contributed by atoms with van der Waals surface area (Å²) in [6.45, 7) is 39.2. The first kappa shape index (κ1) is 116. The first-order valence-electron chi connectivity index (χ1n) is 44.2. The summed E-state index contributed by atoms with van der Waals surface area (Å²) in [6.07, 6.45) is 12.4. The molecule has 726 valence electrons.